The smallest absolute Gasteiger partial charge is 0.132 e. The van der Waals surface area contributed by atoms with Gasteiger partial charge in [-0.05, 0) is 44.6 Å². The van der Waals surface area contributed by atoms with Gasteiger partial charge in [0.15, 0.2) is 0 Å². The fraction of sp³-hybridized carbons (Fsp3) is 0.381. The molecule has 0 amide bonds. The maximum absolute atomic E-state index is 11.8. The first-order chi connectivity index (χ1) is 10.7. The fourth-order valence-electron chi connectivity index (χ4n) is 2.32. The van der Waals surface area contributed by atoms with E-state index in [1.54, 1.807) is 0 Å². The van der Waals surface area contributed by atoms with E-state index in [2.05, 4.69) is 30.8 Å². The van der Waals surface area contributed by atoms with E-state index >= 15 is 0 Å². The van der Waals surface area contributed by atoms with Crippen LogP contribution in [0.5, 0.6) is 0 Å². The van der Waals surface area contributed by atoms with Crippen LogP contribution in [0.1, 0.15) is 51.0 Å². The van der Waals surface area contributed by atoms with Crippen molar-refractivity contribution >= 4 is 5.78 Å². The van der Waals surface area contributed by atoms with Crippen molar-refractivity contribution in [3.05, 3.63) is 72.4 Å². The van der Waals surface area contributed by atoms with Crippen LogP contribution in [0.3, 0.4) is 0 Å². The van der Waals surface area contributed by atoms with Crippen LogP contribution in [0.15, 0.2) is 66.8 Å². The largest absolute Gasteiger partial charge is 0.300 e. The highest BCUT2D eigenvalue weighted by atomic mass is 16.1. The second-order valence-corrected chi connectivity index (χ2v) is 5.63. The highest BCUT2D eigenvalue weighted by Crippen LogP contribution is 2.11. The van der Waals surface area contributed by atoms with Crippen molar-refractivity contribution in [3.8, 4) is 0 Å². The molecule has 118 valence electrons. The lowest BCUT2D eigenvalue weighted by Gasteiger charge is -2.03. The Labute approximate surface area is 135 Å². The first-order valence-electron chi connectivity index (χ1n) is 8.25. The molecule has 0 saturated carbocycles. The van der Waals surface area contributed by atoms with Gasteiger partial charge in [-0.2, -0.15) is 0 Å². The maximum atomic E-state index is 11.8. The second-order valence-electron chi connectivity index (χ2n) is 5.63. The number of Topliss-reactive ketones (excluding diaryl/α,β-unsaturated/α-hetero) is 1. The number of carbonyl (C=O) groups excluding carboxylic acids is 1. The van der Waals surface area contributed by atoms with E-state index in [9.17, 15) is 4.79 Å². The molecule has 0 saturated heterocycles. The number of benzene rings is 1. The molecule has 0 aliphatic carbocycles. The molecule has 0 aliphatic heterocycles. The van der Waals surface area contributed by atoms with Crippen LogP contribution < -0.4 is 0 Å². The maximum Gasteiger partial charge on any atom is 0.132 e. The van der Waals surface area contributed by atoms with E-state index in [0.29, 0.717) is 18.6 Å². The fourth-order valence-corrected chi connectivity index (χ4v) is 2.32. The molecule has 1 aromatic rings. The van der Waals surface area contributed by atoms with Gasteiger partial charge in [0.1, 0.15) is 5.78 Å². The van der Waals surface area contributed by atoms with E-state index < -0.39 is 0 Å². The lowest BCUT2D eigenvalue weighted by Crippen LogP contribution is -1.98. The normalized spacial score (nSPS) is 11.3. The minimum Gasteiger partial charge on any atom is -0.300 e. The minimum absolute atomic E-state index is 0.387. The number of unbranched alkanes of at least 4 members (excludes halogenated alkanes) is 1. The molecule has 0 radical (unpaired) electrons. The number of carbonyl (C=O) groups is 1. The summed E-state index contributed by atoms with van der Waals surface area (Å²) in [5.41, 5.74) is 2.45. The predicted octanol–water partition coefficient (Wildman–Crippen LogP) is 5.83. The van der Waals surface area contributed by atoms with Gasteiger partial charge in [0, 0.05) is 12.8 Å². The molecule has 0 bridgehead atoms. The average Bonchev–Trinajstić information content (AvgIpc) is 2.53. The van der Waals surface area contributed by atoms with Crippen LogP contribution in [0.4, 0.5) is 0 Å². The lowest BCUT2D eigenvalue weighted by molar-refractivity contribution is -0.119. The Balaban J connectivity index is 2.05. The number of hydrogen-bond donors (Lipinski definition) is 0. The Bertz CT molecular complexity index is 494. The van der Waals surface area contributed by atoms with E-state index in [1.165, 1.54) is 5.56 Å². The number of aryl methyl sites for hydroxylation is 1. The van der Waals surface area contributed by atoms with Crippen LogP contribution in [0, 0.1) is 0 Å². The summed E-state index contributed by atoms with van der Waals surface area (Å²) in [6.45, 7) is 5.99. The molecule has 1 heteroatoms. The third-order valence-electron chi connectivity index (χ3n) is 3.60. The Hall–Kier alpha value is -1.89. The zero-order chi connectivity index (χ0) is 16.0. The van der Waals surface area contributed by atoms with Crippen molar-refractivity contribution in [2.24, 2.45) is 0 Å². The van der Waals surface area contributed by atoms with Gasteiger partial charge in [0.05, 0.1) is 0 Å². The summed E-state index contributed by atoms with van der Waals surface area (Å²) in [6, 6.07) is 10.5. The van der Waals surface area contributed by atoms with Crippen LogP contribution in [0.2, 0.25) is 0 Å². The highest BCUT2D eigenvalue weighted by Gasteiger charge is 2.02. The molecule has 0 heterocycles. The van der Waals surface area contributed by atoms with Crippen LogP contribution in [-0.2, 0) is 11.2 Å². The molecule has 0 N–H and O–H groups in total. The summed E-state index contributed by atoms with van der Waals surface area (Å²) in [4.78, 5) is 11.8. The molecule has 1 aromatic carbocycles. The van der Waals surface area contributed by atoms with E-state index in [-0.39, 0.29) is 0 Å². The van der Waals surface area contributed by atoms with Gasteiger partial charge in [-0.3, -0.25) is 4.79 Å². The summed E-state index contributed by atoms with van der Waals surface area (Å²) in [7, 11) is 0. The van der Waals surface area contributed by atoms with Gasteiger partial charge in [0.2, 0.25) is 0 Å². The van der Waals surface area contributed by atoms with Gasteiger partial charge in [-0.15, -0.1) is 0 Å². The highest BCUT2D eigenvalue weighted by molar-refractivity contribution is 5.78. The Morgan fingerprint density at radius 2 is 1.73 bits per heavy atom. The molecule has 0 unspecified atom stereocenters. The van der Waals surface area contributed by atoms with Crippen molar-refractivity contribution in [1.82, 2.24) is 0 Å². The molecular formula is C21H28O. The quantitative estimate of drug-likeness (QED) is 0.371. The molecule has 0 aliphatic rings. The van der Waals surface area contributed by atoms with Gasteiger partial charge < -0.3 is 0 Å². The number of hydrogen-bond acceptors (Lipinski definition) is 1. The molecule has 22 heavy (non-hydrogen) atoms. The van der Waals surface area contributed by atoms with Crippen molar-refractivity contribution in [2.45, 2.75) is 51.9 Å². The number of ketones is 1. The van der Waals surface area contributed by atoms with E-state index in [0.717, 1.165) is 37.7 Å². The van der Waals surface area contributed by atoms with Crippen molar-refractivity contribution in [3.63, 3.8) is 0 Å². The minimum atomic E-state index is 0.387. The van der Waals surface area contributed by atoms with Gasteiger partial charge in [0.25, 0.3) is 0 Å². The van der Waals surface area contributed by atoms with Crippen LogP contribution in [-0.4, -0.2) is 5.78 Å². The van der Waals surface area contributed by atoms with Crippen molar-refractivity contribution in [2.75, 3.05) is 0 Å². The third kappa shape index (κ3) is 9.12. The van der Waals surface area contributed by atoms with E-state index in [1.807, 2.05) is 37.3 Å². The van der Waals surface area contributed by atoms with Crippen LogP contribution in [0.25, 0.3) is 0 Å². The number of allylic oxidation sites excluding steroid dienone is 5. The molecule has 0 aromatic heterocycles. The third-order valence-corrected chi connectivity index (χ3v) is 3.60. The topological polar surface area (TPSA) is 17.1 Å². The van der Waals surface area contributed by atoms with Crippen molar-refractivity contribution in [1.29, 1.82) is 0 Å². The first-order valence-corrected chi connectivity index (χ1v) is 8.25. The monoisotopic (exact) mass is 296 g/mol. The summed E-state index contributed by atoms with van der Waals surface area (Å²) in [5.74, 6) is 0.387. The first kappa shape index (κ1) is 18.2. The zero-order valence-corrected chi connectivity index (χ0v) is 13.8. The van der Waals surface area contributed by atoms with Crippen molar-refractivity contribution < 1.29 is 4.79 Å². The van der Waals surface area contributed by atoms with Gasteiger partial charge in [-0.25, -0.2) is 0 Å². The Morgan fingerprint density at radius 1 is 1.00 bits per heavy atom. The molecule has 0 fully saturated rings. The molecular weight excluding hydrogens is 268 g/mol. The number of rotatable bonds is 11. The zero-order valence-electron chi connectivity index (χ0n) is 13.8. The van der Waals surface area contributed by atoms with Crippen LogP contribution >= 0.6 is 0 Å². The summed E-state index contributed by atoms with van der Waals surface area (Å²) in [6.07, 6.45) is 14.4. The molecule has 0 spiro atoms. The Kier molecular flexibility index (Phi) is 9.69. The lowest BCUT2D eigenvalue weighted by atomic mass is 10.0. The SMILES string of the molecule is C=C(/C=C\C=C/C)CCCC(=O)CCCCc1ccccc1. The summed E-state index contributed by atoms with van der Waals surface area (Å²) in [5, 5.41) is 0. The van der Waals surface area contributed by atoms with Gasteiger partial charge >= 0.3 is 0 Å². The summed E-state index contributed by atoms with van der Waals surface area (Å²) >= 11 is 0. The molecule has 1 rings (SSSR count). The molecule has 1 nitrogen and oxygen atoms in total. The summed E-state index contributed by atoms with van der Waals surface area (Å²) < 4.78 is 0. The average molecular weight is 296 g/mol. The predicted molar refractivity (Wildman–Crippen MR) is 95.9 cm³/mol. The van der Waals surface area contributed by atoms with Gasteiger partial charge in [-0.1, -0.05) is 66.8 Å². The molecule has 0 atom stereocenters. The van der Waals surface area contributed by atoms with E-state index in [4.69, 9.17) is 0 Å². The second kappa shape index (κ2) is 11.7. The standard InChI is InChI=1S/C21H28O/c1-3-4-6-12-19(2)13-11-18-21(22)17-10-9-16-20-14-7-5-8-15-20/h3-8,12,14-15H,2,9-11,13,16-18H2,1H3/b4-3-,12-6-. The Morgan fingerprint density at radius 3 is 2.45 bits per heavy atom.